The lowest BCUT2D eigenvalue weighted by atomic mass is 10.1. The maximum Gasteiger partial charge on any atom is 0.223 e. The first-order chi connectivity index (χ1) is 10.4. The van der Waals surface area contributed by atoms with Crippen molar-refractivity contribution in [2.24, 2.45) is 0 Å². The molecule has 0 aliphatic carbocycles. The van der Waals surface area contributed by atoms with E-state index in [1.54, 1.807) is 6.07 Å². The van der Waals surface area contributed by atoms with Crippen LogP contribution in [0.25, 0.3) is 10.8 Å². The van der Waals surface area contributed by atoms with Crippen molar-refractivity contribution in [3.63, 3.8) is 0 Å². The quantitative estimate of drug-likeness (QED) is 0.611. The van der Waals surface area contributed by atoms with Gasteiger partial charge in [-0.25, -0.2) is 18.4 Å². The van der Waals surface area contributed by atoms with E-state index >= 15 is 0 Å². The molecule has 0 bridgehead atoms. The Kier molecular flexibility index (Phi) is 3.75. The third-order valence-corrected chi connectivity index (χ3v) is 4.86. The minimum Gasteiger partial charge on any atom is -0.471 e. The van der Waals surface area contributed by atoms with Crippen molar-refractivity contribution in [2.75, 3.05) is 19.3 Å². The number of sulfonamides is 1. The molecule has 1 aliphatic rings. The zero-order valence-electron chi connectivity index (χ0n) is 11.6. The van der Waals surface area contributed by atoms with E-state index in [1.165, 1.54) is 16.7 Å². The SMILES string of the molecule is CS(=O)(=O)N1CC(Oc2ncc(C=O)c3cc(Cl)ncc23)C1. The molecule has 0 spiro atoms. The molecule has 2 aromatic rings. The van der Waals surface area contributed by atoms with E-state index in [-0.39, 0.29) is 24.3 Å². The van der Waals surface area contributed by atoms with Gasteiger partial charge in [0, 0.05) is 23.3 Å². The van der Waals surface area contributed by atoms with Crippen LogP contribution >= 0.6 is 11.6 Å². The lowest BCUT2D eigenvalue weighted by Crippen LogP contribution is -2.55. The van der Waals surface area contributed by atoms with Crippen molar-refractivity contribution in [1.29, 1.82) is 0 Å². The highest BCUT2D eigenvalue weighted by atomic mass is 35.5. The molecule has 9 heteroatoms. The number of halogens is 1. The fraction of sp³-hybridized carbons (Fsp3) is 0.308. The first kappa shape index (κ1) is 15.1. The van der Waals surface area contributed by atoms with Gasteiger partial charge in [0.15, 0.2) is 6.29 Å². The van der Waals surface area contributed by atoms with Gasteiger partial charge in [-0.2, -0.15) is 4.31 Å². The lowest BCUT2D eigenvalue weighted by molar-refractivity contribution is 0.0741. The van der Waals surface area contributed by atoms with E-state index in [4.69, 9.17) is 16.3 Å². The van der Waals surface area contributed by atoms with E-state index in [1.807, 2.05) is 0 Å². The molecule has 0 atom stereocenters. The Morgan fingerprint density at radius 1 is 1.32 bits per heavy atom. The van der Waals surface area contributed by atoms with Gasteiger partial charge < -0.3 is 4.74 Å². The summed E-state index contributed by atoms with van der Waals surface area (Å²) in [4.78, 5) is 19.2. The van der Waals surface area contributed by atoms with Gasteiger partial charge in [-0.1, -0.05) is 11.6 Å². The molecule has 0 unspecified atom stereocenters. The van der Waals surface area contributed by atoms with Crippen LogP contribution in [-0.4, -0.2) is 54.4 Å². The maximum atomic E-state index is 11.3. The second-order valence-electron chi connectivity index (χ2n) is 5.01. The van der Waals surface area contributed by atoms with Crippen molar-refractivity contribution in [1.82, 2.24) is 14.3 Å². The predicted octanol–water partition coefficient (Wildman–Crippen LogP) is 1.12. The van der Waals surface area contributed by atoms with Gasteiger partial charge in [-0.15, -0.1) is 0 Å². The summed E-state index contributed by atoms with van der Waals surface area (Å²) in [6.07, 6.45) is 4.45. The lowest BCUT2D eigenvalue weighted by Gasteiger charge is -2.36. The first-order valence-corrected chi connectivity index (χ1v) is 8.62. The summed E-state index contributed by atoms with van der Waals surface area (Å²) in [5.41, 5.74) is 0.387. The fourth-order valence-corrected chi connectivity index (χ4v) is 3.23. The van der Waals surface area contributed by atoms with Gasteiger partial charge in [-0.05, 0) is 6.07 Å². The maximum absolute atomic E-state index is 11.3. The molecule has 0 radical (unpaired) electrons. The largest absolute Gasteiger partial charge is 0.471 e. The number of ether oxygens (including phenoxy) is 1. The van der Waals surface area contributed by atoms with E-state index in [0.29, 0.717) is 28.5 Å². The number of nitrogens with zero attached hydrogens (tertiary/aromatic N) is 3. The van der Waals surface area contributed by atoms with Crippen LogP contribution in [0.2, 0.25) is 5.15 Å². The van der Waals surface area contributed by atoms with Crippen molar-refractivity contribution >= 4 is 38.7 Å². The standard InChI is InChI=1S/C13H12ClN3O4S/c1-22(19,20)17-5-9(6-17)21-13-11-4-15-12(14)2-10(11)8(7-18)3-16-13/h2-4,7,9H,5-6H2,1H3. The molecular weight excluding hydrogens is 330 g/mol. The summed E-state index contributed by atoms with van der Waals surface area (Å²) in [6, 6.07) is 1.57. The van der Waals surface area contributed by atoms with Crippen LogP contribution in [0.3, 0.4) is 0 Å². The zero-order chi connectivity index (χ0) is 15.9. The topological polar surface area (TPSA) is 89.5 Å². The molecule has 1 fully saturated rings. The van der Waals surface area contributed by atoms with Crippen LogP contribution in [0.15, 0.2) is 18.5 Å². The summed E-state index contributed by atoms with van der Waals surface area (Å²) in [5, 5.41) is 1.42. The van der Waals surface area contributed by atoms with E-state index in [2.05, 4.69) is 9.97 Å². The number of pyridine rings is 2. The number of carbonyl (C=O) groups is 1. The highest BCUT2D eigenvalue weighted by Gasteiger charge is 2.35. The Balaban J connectivity index is 1.88. The number of carbonyl (C=O) groups excluding carboxylic acids is 1. The molecule has 1 aliphatic heterocycles. The number of rotatable bonds is 4. The third kappa shape index (κ3) is 2.77. The average Bonchev–Trinajstić information content (AvgIpc) is 2.40. The number of hydrogen-bond donors (Lipinski definition) is 0. The van der Waals surface area contributed by atoms with Gasteiger partial charge in [-0.3, -0.25) is 4.79 Å². The van der Waals surface area contributed by atoms with Crippen LogP contribution in [0, 0.1) is 0 Å². The molecule has 0 amide bonds. The van der Waals surface area contributed by atoms with E-state index in [9.17, 15) is 13.2 Å². The second-order valence-corrected chi connectivity index (χ2v) is 7.38. The number of aromatic nitrogens is 2. The molecule has 0 aromatic carbocycles. The molecule has 0 N–H and O–H groups in total. The molecule has 3 rings (SSSR count). The number of aldehydes is 1. The van der Waals surface area contributed by atoms with Crippen LogP contribution in [0.5, 0.6) is 5.88 Å². The Morgan fingerprint density at radius 3 is 2.68 bits per heavy atom. The fourth-order valence-electron chi connectivity index (χ4n) is 2.20. The van der Waals surface area contributed by atoms with Gasteiger partial charge in [0.1, 0.15) is 11.3 Å². The average molecular weight is 342 g/mol. The van der Waals surface area contributed by atoms with Crippen molar-refractivity contribution in [3.05, 3.63) is 29.2 Å². The summed E-state index contributed by atoms with van der Waals surface area (Å²) in [6.45, 7) is 0.552. The molecule has 22 heavy (non-hydrogen) atoms. The van der Waals surface area contributed by atoms with Gasteiger partial charge in [0.2, 0.25) is 15.9 Å². The van der Waals surface area contributed by atoms with Crippen LogP contribution < -0.4 is 4.74 Å². The van der Waals surface area contributed by atoms with Gasteiger partial charge in [0.05, 0.1) is 24.7 Å². The zero-order valence-corrected chi connectivity index (χ0v) is 13.1. The summed E-state index contributed by atoms with van der Waals surface area (Å²) >= 11 is 5.85. The predicted molar refractivity (Wildman–Crippen MR) is 80.8 cm³/mol. The van der Waals surface area contributed by atoms with Gasteiger partial charge in [0.25, 0.3) is 0 Å². The monoisotopic (exact) mass is 341 g/mol. The summed E-state index contributed by atoms with van der Waals surface area (Å²) in [5.74, 6) is 0.308. The molecule has 2 aromatic heterocycles. The minimum absolute atomic E-state index is 0.264. The smallest absolute Gasteiger partial charge is 0.223 e. The van der Waals surface area contributed by atoms with Crippen LogP contribution in [0.1, 0.15) is 10.4 Å². The van der Waals surface area contributed by atoms with Crippen molar-refractivity contribution < 1.29 is 17.9 Å². The third-order valence-electron chi connectivity index (χ3n) is 3.42. The van der Waals surface area contributed by atoms with E-state index < -0.39 is 10.0 Å². The molecular formula is C13H12ClN3O4S. The highest BCUT2D eigenvalue weighted by Crippen LogP contribution is 2.29. The Bertz CT molecular complexity index is 850. The van der Waals surface area contributed by atoms with Crippen molar-refractivity contribution in [2.45, 2.75) is 6.10 Å². The van der Waals surface area contributed by atoms with Crippen molar-refractivity contribution in [3.8, 4) is 5.88 Å². The second kappa shape index (κ2) is 5.45. The molecule has 1 saturated heterocycles. The Hall–Kier alpha value is -1.77. The van der Waals surface area contributed by atoms with Crippen LogP contribution in [-0.2, 0) is 10.0 Å². The molecule has 7 nitrogen and oxygen atoms in total. The summed E-state index contributed by atoms with van der Waals surface area (Å²) in [7, 11) is -3.19. The normalized spacial score (nSPS) is 16.5. The molecule has 3 heterocycles. The number of fused-ring (bicyclic) bond motifs is 1. The van der Waals surface area contributed by atoms with Crippen LogP contribution in [0.4, 0.5) is 0 Å². The molecule has 0 saturated carbocycles. The van der Waals surface area contributed by atoms with E-state index in [0.717, 1.165) is 6.26 Å². The number of hydrogen-bond acceptors (Lipinski definition) is 6. The minimum atomic E-state index is -3.19. The first-order valence-electron chi connectivity index (χ1n) is 6.39. The summed E-state index contributed by atoms with van der Waals surface area (Å²) < 4.78 is 29.7. The van der Waals surface area contributed by atoms with Gasteiger partial charge >= 0.3 is 0 Å². The molecule has 116 valence electrons. The highest BCUT2D eigenvalue weighted by molar-refractivity contribution is 7.88. The Morgan fingerprint density at radius 2 is 2.05 bits per heavy atom. The Labute approximate surface area is 131 Å².